The largest absolute Gasteiger partial charge is 0.319 e. The first-order chi connectivity index (χ1) is 13.8. The van der Waals surface area contributed by atoms with Crippen LogP contribution in [0.3, 0.4) is 0 Å². The third kappa shape index (κ3) is 4.49. The maximum atomic E-state index is 4.57. The second-order valence-corrected chi connectivity index (χ2v) is 7.49. The summed E-state index contributed by atoms with van der Waals surface area (Å²) in [7, 11) is 0. The molecule has 1 aliphatic heterocycles. The number of nitrogens with zero attached hydrogens (tertiary/aromatic N) is 5. The lowest BCUT2D eigenvalue weighted by Crippen LogP contribution is -2.40. The third-order valence-corrected chi connectivity index (χ3v) is 5.65. The van der Waals surface area contributed by atoms with Crippen molar-refractivity contribution in [1.82, 2.24) is 24.3 Å². The second-order valence-electron chi connectivity index (χ2n) is 7.49. The molecule has 146 valence electrons. The summed E-state index contributed by atoms with van der Waals surface area (Å²) in [6.45, 7) is 7.49. The number of hydrogen-bond donors (Lipinski definition) is 0. The van der Waals surface area contributed by atoms with Gasteiger partial charge >= 0.3 is 0 Å². The maximum Gasteiger partial charge on any atom is 0.0544 e. The van der Waals surface area contributed by atoms with E-state index < -0.39 is 0 Å². The molecule has 4 heterocycles. The summed E-state index contributed by atoms with van der Waals surface area (Å²) >= 11 is 0. The van der Waals surface area contributed by atoms with Gasteiger partial charge in [-0.2, -0.15) is 0 Å². The van der Waals surface area contributed by atoms with E-state index in [0.29, 0.717) is 6.04 Å². The van der Waals surface area contributed by atoms with Crippen molar-refractivity contribution in [2.24, 2.45) is 0 Å². The van der Waals surface area contributed by atoms with Crippen molar-refractivity contribution >= 4 is 0 Å². The van der Waals surface area contributed by atoms with E-state index in [-0.39, 0.29) is 0 Å². The van der Waals surface area contributed by atoms with Crippen LogP contribution in [0.15, 0.2) is 67.3 Å². The molecule has 0 aromatic carbocycles. The van der Waals surface area contributed by atoms with E-state index in [0.717, 1.165) is 37.6 Å². The average molecular weight is 376 g/mol. The van der Waals surface area contributed by atoms with Crippen molar-refractivity contribution in [2.75, 3.05) is 19.6 Å². The number of pyridine rings is 2. The van der Waals surface area contributed by atoms with Crippen molar-refractivity contribution in [3.63, 3.8) is 0 Å². The summed E-state index contributed by atoms with van der Waals surface area (Å²) in [6.07, 6.45) is 10.3. The lowest BCUT2D eigenvalue weighted by molar-refractivity contribution is 0.163. The molecule has 0 radical (unpaired) electrons. The van der Waals surface area contributed by atoms with Crippen molar-refractivity contribution in [2.45, 2.75) is 38.9 Å². The van der Waals surface area contributed by atoms with Gasteiger partial charge in [0.2, 0.25) is 0 Å². The molecule has 1 fully saturated rings. The molecular formula is C23H29N5. The third-order valence-electron chi connectivity index (χ3n) is 5.65. The van der Waals surface area contributed by atoms with Crippen molar-refractivity contribution in [3.05, 3.63) is 78.6 Å². The Morgan fingerprint density at radius 3 is 2.71 bits per heavy atom. The molecule has 1 aliphatic rings. The highest BCUT2D eigenvalue weighted by Crippen LogP contribution is 2.21. The van der Waals surface area contributed by atoms with Gasteiger partial charge in [0.05, 0.1) is 5.69 Å². The normalized spacial score (nSPS) is 17.4. The van der Waals surface area contributed by atoms with Gasteiger partial charge in [-0.1, -0.05) is 13.0 Å². The van der Waals surface area contributed by atoms with Crippen molar-refractivity contribution in [1.29, 1.82) is 0 Å². The first kappa shape index (κ1) is 18.8. The van der Waals surface area contributed by atoms with Gasteiger partial charge in [0.15, 0.2) is 0 Å². The summed E-state index contributed by atoms with van der Waals surface area (Å²) < 4.78 is 2.26. The van der Waals surface area contributed by atoms with Gasteiger partial charge in [0.1, 0.15) is 0 Å². The fraction of sp³-hybridized carbons (Fsp3) is 0.391. The van der Waals surface area contributed by atoms with Crippen LogP contribution in [-0.2, 0) is 13.1 Å². The lowest BCUT2D eigenvalue weighted by atomic mass is 10.2. The minimum absolute atomic E-state index is 0.637. The second kappa shape index (κ2) is 9.13. The molecule has 0 saturated carbocycles. The van der Waals surface area contributed by atoms with E-state index in [4.69, 9.17) is 0 Å². The summed E-state index contributed by atoms with van der Waals surface area (Å²) in [5.74, 6) is 0. The summed E-state index contributed by atoms with van der Waals surface area (Å²) in [5, 5.41) is 0. The highest BCUT2D eigenvalue weighted by atomic mass is 15.2. The zero-order valence-electron chi connectivity index (χ0n) is 16.6. The molecule has 3 aromatic heterocycles. The molecule has 0 unspecified atom stereocenters. The van der Waals surface area contributed by atoms with Crippen LogP contribution in [0, 0.1) is 0 Å². The lowest BCUT2D eigenvalue weighted by Gasteiger charge is -2.30. The van der Waals surface area contributed by atoms with Gasteiger partial charge in [-0.25, -0.2) is 0 Å². The van der Waals surface area contributed by atoms with Gasteiger partial charge in [-0.3, -0.25) is 19.8 Å². The number of likely N-dealkylation sites (tertiary alicyclic amines) is 1. The molecule has 3 aromatic rings. The summed E-state index contributed by atoms with van der Waals surface area (Å²) in [4.78, 5) is 13.9. The van der Waals surface area contributed by atoms with Crippen LogP contribution in [0.2, 0.25) is 0 Å². The number of hydrogen-bond acceptors (Lipinski definition) is 4. The van der Waals surface area contributed by atoms with E-state index in [2.05, 4.69) is 73.9 Å². The van der Waals surface area contributed by atoms with Gasteiger partial charge < -0.3 is 4.57 Å². The first-order valence-electron chi connectivity index (χ1n) is 10.3. The Kier molecular flexibility index (Phi) is 6.14. The smallest absolute Gasteiger partial charge is 0.0544 e. The molecule has 0 aliphatic carbocycles. The van der Waals surface area contributed by atoms with Gasteiger partial charge in [0, 0.05) is 61.8 Å². The predicted molar refractivity (Wildman–Crippen MR) is 112 cm³/mol. The fourth-order valence-electron chi connectivity index (χ4n) is 4.25. The fourth-order valence-corrected chi connectivity index (χ4v) is 4.25. The Bertz CT molecular complexity index is 846. The number of likely N-dealkylation sites (N-methyl/N-ethyl adjacent to an activating group) is 1. The highest BCUT2D eigenvalue weighted by molar-refractivity contribution is 5.32. The topological polar surface area (TPSA) is 37.2 Å². The zero-order chi connectivity index (χ0) is 19.2. The van der Waals surface area contributed by atoms with E-state index in [1.807, 2.05) is 24.7 Å². The average Bonchev–Trinajstić information content (AvgIpc) is 3.38. The van der Waals surface area contributed by atoms with Crippen LogP contribution >= 0.6 is 0 Å². The molecule has 0 amide bonds. The Morgan fingerprint density at radius 1 is 1.04 bits per heavy atom. The van der Waals surface area contributed by atoms with Gasteiger partial charge in [-0.05, 0) is 62.3 Å². The molecule has 1 saturated heterocycles. The highest BCUT2D eigenvalue weighted by Gasteiger charge is 2.25. The van der Waals surface area contributed by atoms with Crippen LogP contribution in [0.1, 0.15) is 31.2 Å². The molecular weight excluding hydrogens is 346 g/mol. The van der Waals surface area contributed by atoms with Crippen molar-refractivity contribution < 1.29 is 0 Å². The molecule has 0 bridgehead atoms. The maximum absolute atomic E-state index is 4.57. The molecule has 0 N–H and O–H groups in total. The molecule has 1 atom stereocenters. The number of aromatic nitrogens is 3. The van der Waals surface area contributed by atoms with Gasteiger partial charge in [0.25, 0.3) is 0 Å². The molecule has 28 heavy (non-hydrogen) atoms. The first-order valence-corrected chi connectivity index (χ1v) is 10.3. The standard InChI is InChI=1S/C23H29N5/c1-2-27-15-5-8-22(27)18-26(17-20-7-3-4-12-25-20)19-23-9-6-16-28(23)21-10-13-24-14-11-21/h3-4,6-7,9-14,16,22H,2,5,8,15,17-19H2,1H3/t22-/m1/s1. The monoisotopic (exact) mass is 375 g/mol. The molecule has 5 heteroatoms. The minimum Gasteiger partial charge on any atom is -0.319 e. The summed E-state index contributed by atoms with van der Waals surface area (Å²) in [6, 6.07) is 15.3. The SMILES string of the molecule is CCN1CCC[C@@H]1CN(Cc1ccccn1)Cc1cccn1-c1ccncc1. The van der Waals surface area contributed by atoms with E-state index >= 15 is 0 Å². The molecule has 5 nitrogen and oxygen atoms in total. The zero-order valence-corrected chi connectivity index (χ0v) is 16.6. The summed E-state index contributed by atoms with van der Waals surface area (Å²) in [5.41, 5.74) is 3.58. The van der Waals surface area contributed by atoms with E-state index in [1.54, 1.807) is 0 Å². The minimum atomic E-state index is 0.637. The Morgan fingerprint density at radius 2 is 1.93 bits per heavy atom. The van der Waals surface area contributed by atoms with Crippen LogP contribution in [-0.4, -0.2) is 50.0 Å². The van der Waals surface area contributed by atoms with Gasteiger partial charge in [-0.15, -0.1) is 0 Å². The quantitative estimate of drug-likeness (QED) is 0.601. The Hall–Kier alpha value is -2.50. The molecule has 0 spiro atoms. The Balaban J connectivity index is 1.55. The van der Waals surface area contributed by atoms with Crippen LogP contribution in [0.5, 0.6) is 0 Å². The van der Waals surface area contributed by atoms with Crippen LogP contribution in [0.4, 0.5) is 0 Å². The van der Waals surface area contributed by atoms with Crippen molar-refractivity contribution in [3.8, 4) is 5.69 Å². The number of rotatable bonds is 8. The predicted octanol–water partition coefficient (Wildman–Crippen LogP) is 3.75. The van der Waals surface area contributed by atoms with E-state index in [9.17, 15) is 0 Å². The van der Waals surface area contributed by atoms with E-state index in [1.165, 1.54) is 25.1 Å². The van der Waals surface area contributed by atoms with Crippen LogP contribution in [0.25, 0.3) is 5.69 Å². The molecule has 4 rings (SSSR count). The van der Waals surface area contributed by atoms with Crippen LogP contribution < -0.4 is 0 Å². The Labute approximate surface area is 167 Å².